The van der Waals surface area contributed by atoms with Crippen LogP contribution in [0.3, 0.4) is 0 Å². The standard InChI is InChI=1S/C10H11BrFNO2/c11-6-1-2-9(12)8(3-6)10-14-5-7(4-13)15-10/h1-3,7,10H,4-5,13H2. The highest BCUT2D eigenvalue weighted by Crippen LogP contribution is 2.30. The molecule has 1 heterocycles. The second kappa shape index (κ2) is 4.57. The average Bonchev–Trinajstić information content (AvgIpc) is 2.70. The Balaban J connectivity index is 2.19. The van der Waals surface area contributed by atoms with Gasteiger partial charge >= 0.3 is 0 Å². The maximum absolute atomic E-state index is 13.4. The van der Waals surface area contributed by atoms with E-state index in [0.29, 0.717) is 18.7 Å². The van der Waals surface area contributed by atoms with Gasteiger partial charge in [-0.2, -0.15) is 0 Å². The lowest BCUT2D eigenvalue weighted by molar-refractivity contribution is -0.0607. The van der Waals surface area contributed by atoms with E-state index in [0.717, 1.165) is 4.47 Å². The van der Waals surface area contributed by atoms with Crippen molar-refractivity contribution in [2.45, 2.75) is 12.4 Å². The Morgan fingerprint density at radius 3 is 3.00 bits per heavy atom. The van der Waals surface area contributed by atoms with Gasteiger partial charge in [0.05, 0.1) is 12.7 Å². The minimum Gasteiger partial charge on any atom is -0.346 e. The van der Waals surface area contributed by atoms with E-state index in [-0.39, 0.29) is 11.9 Å². The highest BCUT2D eigenvalue weighted by molar-refractivity contribution is 9.10. The van der Waals surface area contributed by atoms with Gasteiger partial charge in [0.25, 0.3) is 0 Å². The lowest BCUT2D eigenvalue weighted by atomic mass is 10.2. The molecule has 0 bridgehead atoms. The molecular formula is C10H11BrFNO2. The zero-order chi connectivity index (χ0) is 10.8. The summed E-state index contributed by atoms with van der Waals surface area (Å²) in [5.74, 6) is -0.333. The molecule has 1 aliphatic heterocycles. The first-order valence-corrected chi connectivity index (χ1v) is 5.42. The Bertz CT molecular complexity index is 361. The molecule has 5 heteroatoms. The molecule has 15 heavy (non-hydrogen) atoms. The van der Waals surface area contributed by atoms with E-state index in [1.165, 1.54) is 6.07 Å². The van der Waals surface area contributed by atoms with Gasteiger partial charge in [0, 0.05) is 16.6 Å². The predicted molar refractivity (Wildman–Crippen MR) is 56.7 cm³/mol. The molecule has 0 aromatic heterocycles. The summed E-state index contributed by atoms with van der Waals surface area (Å²) in [7, 11) is 0. The van der Waals surface area contributed by atoms with Crippen molar-refractivity contribution in [3.63, 3.8) is 0 Å². The van der Waals surface area contributed by atoms with Crippen molar-refractivity contribution in [3.8, 4) is 0 Å². The minimum atomic E-state index is -0.643. The van der Waals surface area contributed by atoms with Crippen LogP contribution in [-0.4, -0.2) is 19.3 Å². The molecule has 0 amide bonds. The van der Waals surface area contributed by atoms with E-state index in [9.17, 15) is 4.39 Å². The largest absolute Gasteiger partial charge is 0.346 e. The fourth-order valence-corrected chi connectivity index (χ4v) is 1.81. The normalized spacial score (nSPS) is 25.8. The van der Waals surface area contributed by atoms with Gasteiger partial charge in [-0.15, -0.1) is 0 Å². The maximum Gasteiger partial charge on any atom is 0.187 e. The molecule has 2 atom stereocenters. The fourth-order valence-electron chi connectivity index (χ4n) is 1.43. The van der Waals surface area contributed by atoms with Crippen LogP contribution in [0.25, 0.3) is 0 Å². The van der Waals surface area contributed by atoms with Crippen LogP contribution in [0.5, 0.6) is 0 Å². The first kappa shape index (κ1) is 11.0. The molecule has 0 spiro atoms. The number of halogens is 2. The van der Waals surface area contributed by atoms with Crippen molar-refractivity contribution in [2.75, 3.05) is 13.2 Å². The number of rotatable bonds is 2. The molecule has 1 aromatic carbocycles. The summed E-state index contributed by atoms with van der Waals surface area (Å²) in [4.78, 5) is 0. The van der Waals surface area contributed by atoms with Crippen LogP contribution < -0.4 is 5.73 Å². The molecule has 2 N–H and O–H groups in total. The monoisotopic (exact) mass is 275 g/mol. The fraction of sp³-hybridized carbons (Fsp3) is 0.400. The van der Waals surface area contributed by atoms with Crippen molar-refractivity contribution >= 4 is 15.9 Å². The minimum absolute atomic E-state index is 0.145. The van der Waals surface area contributed by atoms with Gasteiger partial charge in [0.2, 0.25) is 0 Å². The third-order valence-electron chi connectivity index (χ3n) is 2.22. The van der Waals surface area contributed by atoms with Crippen molar-refractivity contribution in [2.24, 2.45) is 5.73 Å². The SMILES string of the molecule is NCC1COC(c2cc(Br)ccc2F)O1. The van der Waals surface area contributed by atoms with Gasteiger partial charge in [-0.3, -0.25) is 0 Å². The van der Waals surface area contributed by atoms with Gasteiger partial charge in [-0.05, 0) is 18.2 Å². The van der Waals surface area contributed by atoms with Gasteiger partial charge in [-0.1, -0.05) is 15.9 Å². The van der Waals surface area contributed by atoms with E-state index >= 15 is 0 Å². The average molecular weight is 276 g/mol. The molecule has 2 unspecified atom stereocenters. The Morgan fingerprint density at radius 1 is 1.53 bits per heavy atom. The van der Waals surface area contributed by atoms with Crippen LogP contribution in [0.4, 0.5) is 4.39 Å². The summed E-state index contributed by atoms with van der Waals surface area (Å²) in [6.07, 6.45) is -0.788. The number of hydrogen-bond donors (Lipinski definition) is 1. The predicted octanol–water partition coefficient (Wildman–Crippen LogP) is 1.96. The summed E-state index contributed by atoms with van der Waals surface area (Å²) in [6, 6.07) is 4.66. The van der Waals surface area contributed by atoms with Crippen molar-refractivity contribution in [1.82, 2.24) is 0 Å². The van der Waals surface area contributed by atoms with Crippen LogP contribution in [0.1, 0.15) is 11.9 Å². The molecule has 2 rings (SSSR count). The first-order chi connectivity index (χ1) is 7.20. The maximum atomic E-state index is 13.4. The first-order valence-electron chi connectivity index (χ1n) is 4.63. The summed E-state index contributed by atoms with van der Waals surface area (Å²) < 4.78 is 25.0. The zero-order valence-electron chi connectivity index (χ0n) is 7.95. The second-order valence-corrected chi connectivity index (χ2v) is 4.24. The van der Waals surface area contributed by atoms with E-state index in [4.69, 9.17) is 15.2 Å². The lowest BCUT2D eigenvalue weighted by Crippen LogP contribution is -2.21. The van der Waals surface area contributed by atoms with E-state index in [1.54, 1.807) is 12.1 Å². The molecule has 0 radical (unpaired) electrons. The van der Waals surface area contributed by atoms with Gasteiger partial charge in [0.1, 0.15) is 5.82 Å². The molecule has 0 aliphatic carbocycles. The Hall–Kier alpha value is -0.490. The zero-order valence-corrected chi connectivity index (χ0v) is 9.54. The molecule has 1 fully saturated rings. The van der Waals surface area contributed by atoms with Crippen molar-refractivity contribution in [1.29, 1.82) is 0 Å². The highest BCUT2D eigenvalue weighted by Gasteiger charge is 2.28. The quantitative estimate of drug-likeness (QED) is 0.898. The molecule has 1 aromatic rings. The number of ether oxygens (including phenoxy) is 2. The molecule has 3 nitrogen and oxygen atoms in total. The Kier molecular flexibility index (Phi) is 3.35. The van der Waals surface area contributed by atoms with Crippen LogP contribution in [0.15, 0.2) is 22.7 Å². The summed E-state index contributed by atoms with van der Waals surface area (Å²) in [6.45, 7) is 0.791. The van der Waals surface area contributed by atoms with Gasteiger partial charge < -0.3 is 15.2 Å². The van der Waals surface area contributed by atoms with Crippen LogP contribution >= 0.6 is 15.9 Å². The molecule has 0 saturated carbocycles. The van der Waals surface area contributed by atoms with E-state index < -0.39 is 6.29 Å². The van der Waals surface area contributed by atoms with Crippen molar-refractivity contribution < 1.29 is 13.9 Å². The van der Waals surface area contributed by atoms with Gasteiger partial charge in [-0.25, -0.2) is 4.39 Å². The summed E-state index contributed by atoms with van der Waals surface area (Å²) in [5, 5.41) is 0. The highest BCUT2D eigenvalue weighted by atomic mass is 79.9. The topological polar surface area (TPSA) is 44.5 Å². The Morgan fingerprint density at radius 2 is 2.33 bits per heavy atom. The smallest absolute Gasteiger partial charge is 0.187 e. The molecule has 1 saturated heterocycles. The van der Waals surface area contributed by atoms with Crippen LogP contribution in [0, 0.1) is 5.82 Å². The third kappa shape index (κ3) is 2.36. The van der Waals surface area contributed by atoms with Crippen LogP contribution in [-0.2, 0) is 9.47 Å². The van der Waals surface area contributed by atoms with Gasteiger partial charge in [0.15, 0.2) is 6.29 Å². The van der Waals surface area contributed by atoms with Crippen LogP contribution in [0.2, 0.25) is 0 Å². The van der Waals surface area contributed by atoms with E-state index in [2.05, 4.69) is 15.9 Å². The number of benzene rings is 1. The third-order valence-corrected chi connectivity index (χ3v) is 2.72. The second-order valence-electron chi connectivity index (χ2n) is 3.32. The van der Waals surface area contributed by atoms with E-state index in [1.807, 2.05) is 0 Å². The lowest BCUT2D eigenvalue weighted by Gasteiger charge is -2.11. The number of hydrogen-bond acceptors (Lipinski definition) is 3. The molecular weight excluding hydrogens is 265 g/mol. The summed E-state index contributed by atoms with van der Waals surface area (Å²) in [5.41, 5.74) is 5.84. The Labute approximate surface area is 95.5 Å². The summed E-state index contributed by atoms with van der Waals surface area (Å²) >= 11 is 3.27. The van der Waals surface area contributed by atoms with Crippen molar-refractivity contribution in [3.05, 3.63) is 34.1 Å². The number of nitrogens with two attached hydrogens (primary N) is 1. The molecule has 1 aliphatic rings. The molecule has 82 valence electrons.